The van der Waals surface area contributed by atoms with Gasteiger partial charge in [-0.2, -0.15) is 0 Å². The van der Waals surface area contributed by atoms with Crippen LogP contribution in [-0.4, -0.2) is 47.4 Å². The van der Waals surface area contributed by atoms with E-state index in [4.69, 9.17) is 25.5 Å². The minimum atomic E-state index is -0.446. The van der Waals surface area contributed by atoms with Crippen LogP contribution in [0, 0.1) is 12.7 Å². The Labute approximate surface area is 155 Å². The average Bonchev–Trinajstić information content (AvgIpc) is 3.22. The number of likely N-dealkylation sites (tertiary alicyclic amines) is 1. The van der Waals surface area contributed by atoms with Crippen LogP contribution in [0.4, 0.5) is 4.39 Å². The topological polar surface area (TPSA) is 77.7 Å². The molecule has 0 unspecified atom stereocenters. The van der Waals surface area contributed by atoms with Crippen LogP contribution < -0.4 is 4.74 Å². The highest BCUT2D eigenvalue weighted by Crippen LogP contribution is 2.33. The van der Waals surface area contributed by atoms with Crippen LogP contribution in [0.1, 0.15) is 30.7 Å². The van der Waals surface area contributed by atoms with Crippen molar-refractivity contribution in [2.24, 2.45) is 0 Å². The number of aromatic nitrogens is 2. The van der Waals surface area contributed by atoms with E-state index in [1.54, 1.807) is 18.9 Å². The maximum absolute atomic E-state index is 13.0. The van der Waals surface area contributed by atoms with E-state index in [1.165, 1.54) is 12.1 Å². The van der Waals surface area contributed by atoms with E-state index < -0.39 is 5.82 Å². The zero-order valence-corrected chi connectivity index (χ0v) is 15.2. The Bertz CT molecular complexity index is 785. The lowest BCUT2D eigenvalue weighted by molar-refractivity contribution is -0.133. The number of ether oxygens (including phenoxy) is 2. The maximum Gasteiger partial charge on any atom is 0.239 e. The second kappa shape index (κ2) is 8.01. The molecule has 2 aromatic rings. The monoisotopic (exact) mass is 383 g/mol. The van der Waals surface area contributed by atoms with Crippen LogP contribution in [0.15, 0.2) is 22.6 Å². The van der Waals surface area contributed by atoms with Crippen LogP contribution in [0.25, 0.3) is 0 Å². The Morgan fingerprint density at radius 1 is 1.46 bits per heavy atom. The highest BCUT2D eigenvalue weighted by molar-refractivity contribution is 6.32. The van der Waals surface area contributed by atoms with Crippen molar-refractivity contribution in [3.05, 3.63) is 40.8 Å². The van der Waals surface area contributed by atoms with Gasteiger partial charge in [0.25, 0.3) is 0 Å². The van der Waals surface area contributed by atoms with E-state index in [1.807, 2.05) is 0 Å². The number of benzene rings is 1. The van der Waals surface area contributed by atoms with E-state index in [2.05, 4.69) is 10.2 Å². The van der Waals surface area contributed by atoms with Crippen molar-refractivity contribution < 1.29 is 23.1 Å². The molecule has 1 fully saturated rings. The van der Waals surface area contributed by atoms with Crippen LogP contribution in [0.5, 0.6) is 5.75 Å². The minimum Gasteiger partial charge on any atom is -0.491 e. The molecule has 0 spiro atoms. The number of methoxy groups -OCH3 is 1. The zero-order valence-electron chi connectivity index (χ0n) is 14.4. The molecule has 26 heavy (non-hydrogen) atoms. The van der Waals surface area contributed by atoms with Crippen molar-refractivity contribution in [3.63, 3.8) is 0 Å². The number of rotatable bonds is 6. The molecule has 1 aliphatic heterocycles. The predicted octanol–water partition coefficient (Wildman–Crippen LogP) is 2.93. The highest BCUT2D eigenvalue weighted by Gasteiger charge is 2.39. The predicted molar refractivity (Wildman–Crippen MR) is 90.4 cm³/mol. The summed E-state index contributed by atoms with van der Waals surface area (Å²) in [6.07, 6.45) is 0.631. The number of nitrogens with zero attached hydrogens (tertiary/aromatic N) is 3. The molecule has 1 aromatic carbocycles. The molecule has 0 radical (unpaired) electrons. The summed E-state index contributed by atoms with van der Waals surface area (Å²) < 4.78 is 29.4. The molecule has 0 aliphatic carbocycles. The summed E-state index contributed by atoms with van der Waals surface area (Å²) >= 11 is 5.91. The number of hydrogen-bond donors (Lipinski definition) is 0. The lowest BCUT2D eigenvalue weighted by Gasteiger charge is -2.22. The summed E-state index contributed by atoms with van der Waals surface area (Å²) in [6, 6.07) is 3.53. The standard InChI is InChI=1S/C17H19ClFN3O4/c1-10-20-21-17(26-10)14-8-12(24-2)9-22(14)16(23)5-6-25-15-4-3-11(19)7-13(15)18/h3-4,7,12,14H,5-6,8-9H2,1-2H3/t12-,14-/m1/s1. The van der Waals surface area contributed by atoms with Gasteiger partial charge in [-0.15, -0.1) is 10.2 Å². The Kier molecular flexibility index (Phi) is 5.73. The molecule has 0 N–H and O–H groups in total. The zero-order chi connectivity index (χ0) is 18.7. The summed E-state index contributed by atoms with van der Waals surface area (Å²) in [7, 11) is 1.61. The number of halogens is 2. The van der Waals surface area contributed by atoms with E-state index in [0.717, 1.165) is 6.07 Å². The first kappa shape index (κ1) is 18.6. The summed E-state index contributed by atoms with van der Waals surface area (Å²) in [5, 5.41) is 8.02. The third-order valence-corrected chi connectivity index (χ3v) is 4.51. The van der Waals surface area contributed by atoms with Crippen LogP contribution in [-0.2, 0) is 9.53 Å². The second-order valence-corrected chi connectivity index (χ2v) is 6.40. The second-order valence-electron chi connectivity index (χ2n) is 5.99. The molecule has 0 bridgehead atoms. The molecule has 1 aromatic heterocycles. The van der Waals surface area contributed by atoms with Gasteiger partial charge in [-0.3, -0.25) is 4.79 Å². The first-order valence-electron chi connectivity index (χ1n) is 8.18. The van der Waals surface area contributed by atoms with Crippen LogP contribution in [0.3, 0.4) is 0 Å². The van der Waals surface area contributed by atoms with E-state index in [0.29, 0.717) is 30.5 Å². The van der Waals surface area contributed by atoms with Gasteiger partial charge in [0.1, 0.15) is 17.6 Å². The molecule has 7 nitrogen and oxygen atoms in total. The molecular formula is C17H19ClFN3O4. The fourth-order valence-electron chi connectivity index (χ4n) is 2.91. The fourth-order valence-corrected chi connectivity index (χ4v) is 3.13. The third-order valence-electron chi connectivity index (χ3n) is 4.21. The summed E-state index contributed by atoms with van der Waals surface area (Å²) in [6.45, 7) is 2.26. The number of carbonyl (C=O) groups is 1. The molecule has 1 aliphatic rings. The van der Waals surface area contributed by atoms with Gasteiger partial charge in [-0.1, -0.05) is 11.6 Å². The average molecular weight is 384 g/mol. The normalized spacial score (nSPS) is 19.8. The van der Waals surface area contributed by atoms with Gasteiger partial charge in [0, 0.05) is 27.0 Å². The van der Waals surface area contributed by atoms with Gasteiger partial charge in [0.05, 0.1) is 24.2 Å². The van der Waals surface area contributed by atoms with E-state index in [9.17, 15) is 9.18 Å². The first-order valence-corrected chi connectivity index (χ1v) is 8.56. The van der Waals surface area contributed by atoms with E-state index in [-0.39, 0.29) is 36.1 Å². The first-order chi connectivity index (χ1) is 12.5. The number of carbonyl (C=O) groups excluding carboxylic acids is 1. The Balaban J connectivity index is 1.61. The molecule has 1 saturated heterocycles. The lowest BCUT2D eigenvalue weighted by atomic mass is 10.2. The minimum absolute atomic E-state index is 0.0939. The molecule has 2 atom stereocenters. The molecule has 0 saturated carbocycles. The van der Waals surface area contributed by atoms with Crippen molar-refractivity contribution in [2.45, 2.75) is 31.9 Å². The number of hydrogen-bond acceptors (Lipinski definition) is 6. The molecule has 2 heterocycles. The van der Waals surface area contributed by atoms with Crippen molar-refractivity contribution in [2.75, 3.05) is 20.3 Å². The SMILES string of the molecule is CO[C@@H]1C[C@H](c2nnc(C)o2)N(C(=O)CCOc2ccc(F)cc2Cl)C1. The van der Waals surface area contributed by atoms with Crippen molar-refractivity contribution >= 4 is 17.5 Å². The van der Waals surface area contributed by atoms with Crippen LogP contribution >= 0.6 is 11.6 Å². The van der Waals surface area contributed by atoms with Crippen LogP contribution in [0.2, 0.25) is 5.02 Å². The Morgan fingerprint density at radius 3 is 2.92 bits per heavy atom. The van der Waals surface area contributed by atoms with Crippen molar-refractivity contribution in [3.8, 4) is 5.75 Å². The molecule has 9 heteroatoms. The van der Waals surface area contributed by atoms with E-state index >= 15 is 0 Å². The summed E-state index contributed by atoms with van der Waals surface area (Å²) in [4.78, 5) is 14.3. The number of amides is 1. The summed E-state index contributed by atoms with van der Waals surface area (Å²) in [5.74, 6) is 0.615. The molecule has 3 rings (SSSR count). The van der Waals surface area contributed by atoms with Gasteiger partial charge in [0.15, 0.2) is 0 Å². The molecule has 140 valence electrons. The quantitative estimate of drug-likeness (QED) is 0.763. The third kappa shape index (κ3) is 4.13. The molecular weight excluding hydrogens is 365 g/mol. The fraction of sp³-hybridized carbons (Fsp3) is 0.471. The van der Waals surface area contributed by atoms with Gasteiger partial charge < -0.3 is 18.8 Å². The Hall–Kier alpha value is -2.19. The van der Waals surface area contributed by atoms with Gasteiger partial charge in [-0.25, -0.2) is 4.39 Å². The van der Waals surface area contributed by atoms with Gasteiger partial charge in [0.2, 0.25) is 17.7 Å². The van der Waals surface area contributed by atoms with Gasteiger partial charge >= 0.3 is 0 Å². The maximum atomic E-state index is 13.0. The number of aryl methyl sites for hydroxylation is 1. The smallest absolute Gasteiger partial charge is 0.239 e. The highest BCUT2D eigenvalue weighted by atomic mass is 35.5. The largest absolute Gasteiger partial charge is 0.491 e. The van der Waals surface area contributed by atoms with Gasteiger partial charge in [-0.05, 0) is 18.2 Å². The summed E-state index contributed by atoms with van der Waals surface area (Å²) in [5.41, 5.74) is 0. The Morgan fingerprint density at radius 2 is 2.27 bits per heavy atom. The van der Waals surface area contributed by atoms with Crippen molar-refractivity contribution in [1.82, 2.24) is 15.1 Å². The van der Waals surface area contributed by atoms with Crippen molar-refractivity contribution in [1.29, 1.82) is 0 Å². The lowest BCUT2D eigenvalue weighted by Crippen LogP contribution is -2.33. The molecule has 1 amide bonds.